The van der Waals surface area contributed by atoms with E-state index in [1.165, 1.54) is 18.2 Å². The van der Waals surface area contributed by atoms with Crippen LogP contribution in [0.3, 0.4) is 0 Å². The Kier molecular flexibility index (Phi) is 6.93. The Morgan fingerprint density at radius 1 is 1.03 bits per heavy atom. The molecular weight excluding hydrogens is 390 g/mol. The molecule has 0 aromatic heterocycles. The smallest absolute Gasteiger partial charge is 0.321 e. The van der Waals surface area contributed by atoms with Gasteiger partial charge in [-0.05, 0) is 18.2 Å². The van der Waals surface area contributed by atoms with Crippen LogP contribution in [0, 0.1) is 10.1 Å². The molecule has 0 saturated carbocycles. The molecule has 3 rings (SSSR count). The standard InChI is InChI=1S/C20H21N5O5/c26-19(21-17-7-4-8-18(13-17)25(28)29)14-30-23-16-9-11-24(12-10-16)20(27)22-15-5-2-1-3-6-15/h1-8,13H,9-12,14H2,(H,21,26)(H,22,27). The average molecular weight is 411 g/mol. The molecule has 2 aromatic carbocycles. The molecular formula is C20H21N5O5. The highest BCUT2D eigenvalue weighted by atomic mass is 16.6. The van der Waals surface area contributed by atoms with Gasteiger partial charge in [-0.2, -0.15) is 0 Å². The van der Waals surface area contributed by atoms with Gasteiger partial charge in [-0.1, -0.05) is 29.4 Å². The first-order valence-electron chi connectivity index (χ1n) is 9.34. The third-order valence-corrected chi connectivity index (χ3v) is 4.38. The van der Waals surface area contributed by atoms with Gasteiger partial charge in [-0.15, -0.1) is 0 Å². The average Bonchev–Trinajstić information content (AvgIpc) is 2.75. The molecule has 0 aliphatic carbocycles. The first-order valence-corrected chi connectivity index (χ1v) is 9.34. The molecule has 1 aliphatic heterocycles. The molecule has 30 heavy (non-hydrogen) atoms. The number of oxime groups is 1. The fourth-order valence-corrected chi connectivity index (χ4v) is 2.86. The molecule has 0 spiro atoms. The van der Waals surface area contributed by atoms with E-state index in [1.807, 2.05) is 30.3 Å². The highest BCUT2D eigenvalue weighted by Gasteiger charge is 2.20. The summed E-state index contributed by atoms with van der Waals surface area (Å²) in [6, 6.07) is 14.7. The molecule has 10 nitrogen and oxygen atoms in total. The number of likely N-dealkylation sites (tertiary alicyclic amines) is 1. The van der Waals surface area contributed by atoms with Gasteiger partial charge < -0.3 is 20.4 Å². The molecule has 156 valence electrons. The summed E-state index contributed by atoms with van der Waals surface area (Å²) in [7, 11) is 0. The van der Waals surface area contributed by atoms with Crippen molar-refractivity contribution in [2.75, 3.05) is 30.3 Å². The number of nitro benzene ring substituents is 1. The number of benzene rings is 2. The van der Waals surface area contributed by atoms with Crippen molar-refractivity contribution in [3.05, 3.63) is 64.7 Å². The van der Waals surface area contributed by atoms with Crippen molar-refractivity contribution in [3.63, 3.8) is 0 Å². The van der Waals surface area contributed by atoms with E-state index in [1.54, 1.807) is 11.0 Å². The van der Waals surface area contributed by atoms with Crippen LogP contribution in [-0.2, 0) is 9.63 Å². The third kappa shape index (κ3) is 6.03. The summed E-state index contributed by atoms with van der Waals surface area (Å²) in [5.74, 6) is -0.473. The van der Waals surface area contributed by atoms with Crippen molar-refractivity contribution in [1.29, 1.82) is 0 Å². The SMILES string of the molecule is O=C(CON=C1CCN(C(=O)Nc2ccccc2)CC1)Nc1cccc([N+](=O)[O-])c1. The second-order valence-corrected chi connectivity index (χ2v) is 6.57. The zero-order valence-electron chi connectivity index (χ0n) is 16.1. The number of nitrogens with one attached hydrogen (secondary N) is 2. The monoisotopic (exact) mass is 411 g/mol. The largest absolute Gasteiger partial charge is 0.386 e. The maximum Gasteiger partial charge on any atom is 0.321 e. The van der Waals surface area contributed by atoms with Crippen molar-refractivity contribution in [3.8, 4) is 0 Å². The van der Waals surface area contributed by atoms with E-state index < -0.39 is 10.8 Å². The fourth-order valence-electron chi connectivity index (χ4n) is 2.86. The Balaban J connectivity index is 1.40. The lowest BCUT2D eigenvalue weighted by Gasteiger charge is -2.27. The first kappa shape index (κ1) is 20.8. The molecule has 1 saturated heterocycles. The Hall–Kier alpha value is -3.95. The zero-order chi connectivity index (χ0) is 21.3. The number of urea groups is 1. The minimum absolute atomic E-state index is 0.114. The van der Waals surface area contributed by atoms with Crippen molar-refractivity contribution < 1.29 is 19.3 Å². The maximum absolute atomic E-state index is 12.3. The van der Waals surface area contributed by atoms with Gasteiger partial charge in [0.1, 0.15) is 0 Å². The molecule has 0 radical (unpaired) electrons. The lowest BCUT2D eigenvalue weighted by Crippen LogP contribution is -2.41. The fraction of sp³-hybridized carbons (Fsp3) is 0.250. The number of rotatable bonds is 6. The Labute approximate surface area is 172 Å². The number of carbonyl (C=O) groups excluding carboxylic acids is 2. The van der Waals surface area contributed by atoms with Crippen LogP contribution < -0.4 is 10.6 Å². The summed E-state index contributed by atoms with van der Waals surface area (Å²) in [4.78, 5) is 41.2. The number of anilines is 2. The summed E-state index contributed by atoms with van der Waals surface area (Å²) < 4.78 is 0. The van der Waals surface area contributed by atoms with Gasteiger partial charge in [0.05, 0.1) is 10.6 Å². The molecule has 0 atom stereocenters. The predicted molar refractivity (Wildman–Crippen MR) is 111 cm³/mol. The van der Waals surface area contributed by atoms with Crippen LogP contribution >= 0.6 is 0 Å². The van der Waals surface area contributed by atoms with Gasteiger partial charge >= 0.3 is 6.03 Å². The highest BCUT2D eigenvalue weighted by Crippen LogP contribution is 2.17. The van der Waals surface area contributed by atoms with Crippen LogP contribution in [0.1, 0.15) is 12.8 Å². The normalized spacial score (nSPS) is 13.3. The van der Waals surface area contributed by atoms with Crippen LogP contribution in [0.25, 0.3) is 0 Å². The number of amides is 3. The van der Waals surface area contributed by atoms with Crippen LogP contribution in [0.15, 0.2) is 59.8 Å². The molecule has 2 N–H and O–H groups in total. The summed E-state index contributed by atoms with van der Waals surface area (Å²) >= 11 is 0. The Morgan fingerprint density at radius 2 is 1.73 bits per heavy atom. The van der Waals surface area contributed by atoms with E-state index in [9.17, 15) is 19.7 Å². The number of non-ortho nitro benzene ring substituents is 1. The second kappa shape index (κ2) is 10.0. The van der Waals surface area contributed by atoms with E-state index in [-0.39, 0.29) is 18.3 Å². The van der Waals surface area contributed by atoms with Gasteiger partial charge in [0.25, 0.3) is 11.6 Å². The van der Waals surface area contributed by atoms with Crippen LogP contribution in [0.5, 0.6) is 0 Å². The minimum atomic E-state index is -0.537. The number of para-hydroxylation sites is 1. The van der Waals surface area contributed by atoms with Crippen LogP contribution in [-0.4, -0.2) is 47.2 Å². The number of nitrogens with zero attached hydrogens (tertiary/aromatic N) is 3. The van der Waals surface area contributed by atoms with Crippen molar-refractivity contribution in [1.82, 2.24) is 4.90 Å². The predicted octanol–water partition coefficient (Wildman–Crippen LogP) is 3.23. The van der Waals surface area contributed by atoms with E-state index in [2.05, 4.69) is 15.8 Å². The number of nitro groups is 1. The minimum Gasteiger partial charge on any atom is -0.386 e. The zero-order valence-corrected chi connectivity index (χ0v) is 16.1. The van der Waals surface area contributed by atoms with Crippen LogP contribution in [0.2, 0.25) is 0 Å². The summed E-state index contributed by atoms with van der Waals surface area (Å²) in [6.07, 6.45) is 1.10. The summed E-state index contributed by atoms with van der Waals surface area (Å²) in [6.45, 7) is 0.686. The molecule has 0 bridgehead atoms. The Bertz CT molecular complexity index is 938. The van der Waals surface area contributed by atoms with Crippen LogP contribution in [0.4, 0.5) is 21.9 Å². The molecule has 10 heteroatoms. The van der Waals surface area contributed by atoms with Crippen molar-refractivity contribution in [2.45, 2.75) is 12.8 Å². The third-order valence-electron chi connectivity index (χ3n) is 4.38. The van der Waals surface area contributed by atoms with Crippen molar-refractivity contribution in [2.24, 2.45) is 5.16 Å². The summed E-state index contributed by atoms with van der Waals surface area (Å²) in [5, 5.41) is 20.1. The molecule has 1 fully saturated rings. The molecule has 1 heterocycles. The first-order chi connectivity index (χ1) is 14.5. The van der Waals surface area contributed by atoms with Gasteiger partial charge in [0, 0.05) is 49.4 Å². The van der Waals surface area contributed by atoms with E-state index in [0.717, 1.165) is 11.4 Å². The second-order valence-electron chi connectivity index (χ2n) is 6.57. The van der Waals surface area contributed by atoms with Crippen molar-refractivity contribution >= 4 is 34.7 Å². The number of carbonyl (C=O) groups is 2. The number of hydrogen-bond acceptors (Lipinski definition) is 6. The van der Waals surface area contributed by atoms with Gasteiger partial charge in [-0.3, -0.25) is 14.9 Å². The maximum atomic E-state index is 12.3. The molecule has 2 aromatic rings. The highest BCUT2D eigenvalue weighted by molar-refractivity contribution is 5.93. The van der Waals surface area contributed by atoms with E-state index >= 15 is 0 Å². The molecule has 1 aliphatic rings. The van der Waals surface area contributed by atoms with Gasteiger partial charge in [0.15, 0.2) is 6.61 Å². The van der Waals surface area contributed by atoms with Gasteiger partial charge in [-0.25, -0.2) is 4.79 Å². The molecule has 0 unspecified atom stereocenters. The Morgan fingerprint density at radius 3 is 2.43 bits per heavy atom. The summed E-state index contributed by atoms with van der Waals surface area (Å²) in [5.41, 5.74) is 1.70. The number of piperidine rings is 1. The van der Waals surface area contributed by atoms with E-state index in [4.69, 9.17) is 4.84 Å². The van der Waals surface area contributed by atoms with E-state index in [0.29, 0.717) is 31.6 Å². The lowest BCUT2D eigenvalue weighted by atomic mass is 10.1. The lowest BCUT2D eigenvalue weighted by molar-refractivity contribution is -0.384. The number of hydrogen-bond donors (Lipinski definition) is 2. The molecule has 3 amide bonds. The van der Waals surface area contributed by atoms with Gasteiger partial charge in [0.2, 0.25) is 0 Å². The quantitative estimate of drug-likeness (QED) is 0.557. The topological polar surface area (TPSA) is 126 Å².